The molecular weight excluding hydrogens is 326 g/mol. The number of nitrogens with zero attached hydrogens (tertiary/aromatic N) is 3. The van der Waals surface area contributed by atoms with E-state index in [0.29, 0.717) is 19.6 Å². The molecule has 0 N–H and O–H groups in total. The molecule has 1 unspecified atom stereocenters. The number of hydrogen-bond donors (Lipinski definition) is 0. The zero-order valence-corrected chi connectivity index (χ0v) is 13.3. The maximum atomic E-state index is 12.5. The van der Waals surface area contributed by atoms with Gasteiger partial charge < -0.3 is 4.90 Å². The van der Waals surface area contributed by atoms with Crippen molar-refractivity contribution in [2.24, 2.45) is 0 Å². The third-order valence-corrected chi connectivity index (χ3v) is 7.01. The summed E-state index contributed by atoms with van der Waals surface area (Å²) in [6.07, 6.45) is 0. The van der Waals surface area contributed by atoms with Crippen molar-refractivity contribution in [3.8, 4) is 0 Å². The molecule has 0 saturated carbocycles. The number of nitro groups is 1. The molecule has 0 bridgehead atoms. The molecule has 0 radical (unpaired) electrons. The molecule has 2 rings (SSSR count). The van der Waals surface area contributed by atoms with Gasteiger partial charge in [-0.3, -0.25) is 10.1 Å². The largest absolute Gasteiger partial charge is 0.301 e. The second kappa shape index (κ2) is 5.57. The first-order chi connectivity index (χ1) is 9.23. The monoisotopic (exact) mass is 339 g/mol. The third kappa shape index (κ3) is 2.82. The predicted molar refractivity (Wildman–Crippen MR) is 76.8 cm³/mol. The number of sulfonamides is 1. The van der Waals surface area contributed by atoms with E-state index in [0.717, 1.165) is 17.4 Å². The summed E-state index contributed by atoms with van der Waals surface area (Å²) in [5, 5.41) is 10.7. The molecule has 20 heavy (non-hydrogen) atoms. The SMILES string of the molecule is CC1CN(S(=O)(=O)c2cc([N+](=O)[O-])c(Cl)s2)CCN1C. The quantitative estimate of drug-likeness (QED) is 0.617. The maximum absolute atomic E-state index is 12.5. The van der Waals surface area contributed by atoms with Crippen LogP contribution in [0.25, 0.3) is 0 Å². The zero-order chi connectivity index (χ0) is 15.1. The molecule has 10 heteroatoms. The lowest BCUT2D eigenvalue weighted by Gasteiger charge is -2.36. The van der Waals surface area contributed by atoms with E-state index in [1.165, 1.54) is 4.31 Å². The summed E-state index contributed by atoms with van der Waals surface area (Å²) >= 11 is 6.45. The van der Waals surface area contributed by atoms with E-state index in [1.54, 1.807) is 0 Å². The van der Waals surface area contributed by atoms with Crippen LogP contribution >= 0.6 is 22.9 Å². The summed E-state index contributed by atoms with van der Waals surface area (Å²) in [7, 11) is -1.79. The van der Waals surface area contributed by atoms with Crippen molar-refractivity contribution in [1.82, 2.24) is 9.21 Å². The standard InChI is InChI=1S/C10H14ClN3O4S2/c1-7-6-13(4-3-12(7)2)20(17,18)9-5-8(14(15)16)10(11)19-9/h5,7H,3-4,6H2,1-2H3. The lowest BCUT2D eigenvalue weighted by Crippen LogP contribution is -2.51. The highest BCUT2D eigenvalue weighted by molar-refractivity contribution is 7.91. The van der Waals surface area contributed by atoms with E-state index >= 15 is 0 Å². The maximum Gasteiger partial charge on any atom is 0.300 e. The fraction of sp³-hybridized carbons (Fsp3) is 0.600. The Hall–Kier alpha value is -0.740. The molecule has 0 amide bonds. The van der Waals surface area contributed by atoms with Gasteiger partial charge in [-0.15, -0.1) is 11.3 Å². The number of hydrogen-bond acceptors (Lipinski definition) is 6. The van der Waals surface area contributed by atoms with Crippen LogP contribution in [-0.4, -0.2) is 55.3 Å². The number of likely N-dealkylation sites (N-methyl/N-ethyl adjacent to an activating group) is 1. The van der Waals surface area contributed by atoms with Crippen molar-refractivity contribution >= 4 is 38.6 Å². The Labute approximate surface area is 125 Å². The van der Waals surface area contributed by atoms with E-state index in [-0.39, 0.29) is 20.3 Å². The molecular formula is C10H14ClN3O4S2. The summed E-state index contributed by atoms with van der Waals surface area (Å²) in [6, 6.07) is 1.13. The number of thiophene rings is 1. The van der Waals surface area contributed by atoms with Gasteiger partial charge in [-0.25, -0.2) is 8.42 Å². The molecule has 0 aliphatic carbocycles. The minimum Gasteiger partial charge on any atom is -0.301 e. The van der Waals surface area contributed by atoms with Gasteiger partial charge in [0, 0.05) is 31.7 Å². The number of halogens is 1. The summed E-state index contributed by atoms with van der Waals surface area (Å²) in [5.74, 6) is 0. The van der Waals surface area contributed by atoms with Gasteiger partial charge in [0.25, 0.3) is 15.7 Å². The first-order valence-electron chi connectivity index (χ1n) is 5.87. The molecule has 1 fully saturated rings. The van der Waals surface area contributed by atoms with Crippen molar-refractivity contribution in [3.05, 3.63) is 20.5 Å². The lowest BCUT2D eigenvalue weighted by atomic mass is 10.2. The van der Waals surface area contributed by atoms with E-state index in [4.69, 9.17) is 11.6 Å². The van der Waals surface area contributed by atoms with Crippen LogP contribution in [0, 0.1) is 10.1 Å². The van der Waals surface area contributed by atoms with Gasteiger partial charge >= 0.3 is 0 Å². The second-order valence-electron chi connectivity index (χ2n) is 4.67. The first-order valence-corrected chi connectivity index (χ1v) is 8.51. The van der Waals surface area contributed by atoms with Crippen LogP contribution in [0.15, 0.2) is 10.3 Å². The van der Waals surface area contributed by atoms with Crippen LogP contribution in [-0.2, 0) is 10.0 Å². The number of piperazine rings is 1. The molecule has 1 saturated heterocycles. The van der Waals surface area contributed by atoms with Crippen molar-refractivity contribution in [3.63, 3.8) is 0 Å². The van der Waals surface area contributed by atoms with Gasteiger partial charge in [0.1, 0.15) is 4.21 Å². The number of rotatable bonds is 3. The fourth-order valence-electron chi connectivity index (χ4n) is 1.95. The smallest absolute Gasteiger partial charge is 0.300 e. The minimum absolute atomic E-state index is 0.0778. The molecule has 1 aromatic heterocycles. The molecule has 7 nitrogen and oxygen atoms in total. The molecule has 1 aliphatic rings. The van der Waals surface area contributed by atoms with Crippen molar-refractivity contribution in [2.45, 2.75) is 17.2 Å². The van der Waals surface area contributed by atoms with Gasteiger partial charge in [0.15, 0.2) is 4.34 Å². The van der Waals surface area contributed by atoms with E-state index in [9.17, 15) is 18.5 Å². The molecule has 0 spiro atoms. The molecule has 2 heterocycles. The Morgan fingerprint density at radius 2 is 2.15 bits per heavy atom. The van der Waals surface area contributed by atoms with Gasteiger partial charge in [-0.05, 0) is 14.0 Å². The predicted octanol–water partition coefficient (Wildman–Crippen LogP) is 1.63. The fourth-order valence-corrected chi connectivity index (χ4v) is 5.28. The summed E-state index contributed by atoms with van der Waals surface area (Å²) < 4.78 is 26.1. The lowest BCUT2D eigenvalue weighted by molar-refractivity contribution is -0.384. The van der Waals surface area contributed by atoms with Crippen LogP contribution in [0.1, 0.15) is 6.92 Å². The Balaban J connectivity index is 2.31. The Kier molecular flexibility index (Phi) is 4.35. The van der Waals surface area contributed by atoms with Crippen LogP contribution < -0.4 is 0 Å². The average molecular weight is 340 g/mol. The molecule has 1 atom stereocenters. The van der Waals surface area contributed by atoms with Crippen LogP contribution in [0.4, 0.5) is 5.69 Å². The Morgan fingerprint density at radius 3 is 2.65 bits per heavy atom. The molecule has 112 valence electrons. The van der Waals surface area contributed by atoms with Crippen molar-refractivity contribution < 1.29 is 13.3 Å². The van der Waals surface area contributed by atoms with E-state index < -0.39 is 14.9 Å². The average Bonchev–Trinajstić information content (AvgIpc) is 2.75. The molecule has 1 aliphatic heterocycles. The Morgan fingerprint density at radius 1 is 1.50 bits per heavy atom. The van der Waals surface area contributed by atoms with Gasteiger partial charge in [0.2, 0.25) is 0 Å². The van der Waals surface area contributed by atoms with E-state index in [1.807, 2.05) is 14.0 Å². The van der Waals surface area contributed by atoms with Gasteiger partial charge in [0.05, 0.1) is 4.92 Å². The summed E-state index contributed by atoms with van der Waals surface area (Å²) in [6.45, 7) is 3.29. The molecule has 0 aromatic carbocycles. The summed E-state index contributed by atoms with van der Waals surface area (Å²) in [4.78, 5) is 12.1. The van der Waals surface area contributed by atoms with Crippen LogP contribution in [0.2, 0.25) is 4.34 Å². The third-order valence-electron chi connectivity index (χ3n) is 3.36. The van der Waals surface area contributed by atoms with Crippen LogP contribution in [0.3, 0.4) is 0 Å². The summed E-state index contributed by atoms with van der Waals surface area (Å²) in [5.41, 5.74) is -0.364. The normalized spacial score (nSPS) is 22.1. The Bertz CT molecular complexity index is 630. The van der Waals surface area contributed by atoms with Crippen LogP contribution in [0.5, 0.6) is 0 Å². The highest BCUT2D eigenvalue weighted by atomic mass is 35.5. The van der Waals surface area contributed by atoms with Crippen molar-refractivity contribution in [2.75, 3.05) is 26.7 Å². The highest BCUT2D eigenvalue weighted by Gasteiger charge is 2.34. The zero-order valence-electron chi connectivity index (χ0n) is 10.9. The highest BCUT2D eigenvalue weighted by Crippen LogP contribution is 2.37. The first kappa shape index (κ1) is 15.6. The van der Waals surface area contributed by atoms with Gasteiger partial charge in [-0.1, -0.05) is 11.6 Å². The second-order valence-corrected chi connectivity index (χ2v) is 8.49. The molecule has 1 aromatic rings. The van der Waals surface area contributed by atoms with E-state index in [2.05, 4.69) is 4.90 Å². The minimum atomic E-state index is -3.72. The van der Waals surface area contributed by atoms with Gasteiger partial charge in [-0.2, -0.15) is 4.31 Å². The topological polar surface area (TPSA) is 83.8 Å². The van der Waals surface area contributed by atoms with Crippen molar-refractivity contribution in [1.29, 1.82) is 0 Å².